The number of aromatic hydroxyl groups is 1. The van der Waals surface area contributed by atoms with Crippen molar-refractivity contribution in [3.63, 3.8) is 0 Å². The normalized spacial score (nSPS) is 10.7. The number of methoxy groups -OCH3 is 1. The van der Waals surface area contributed by atoms with Gasteiger partial charge in [-0.05, 0) is 42.0 Å². The van der Waals surface area contributed by atoms with Gasteiger partial charge in [0.1, 0.15) is 11.5 Å². The largest absolute Gasteiger partial charge is 0.507 e. The lowest BCUT2D eigenvalue weighted by Gasteiger charge is -2.21. The number of alkyl halides is 3. The summed E-state index contributed by atoms with van der Waals surface area (Å²) in [5.74, 6) is -4.21. The highest BCUT2D eigenvalue weighted by molar-refractivity contribution is 6.48. The van der Waals surface area contributed by atoms with Gasteiger partial charge in [0, 0.05) is 36.9 Å². The Morgan fingerprint density at radius 2 is 1.65 bits per heavy atom. The van der Waals surface area contributed by atoms with E-state index in [9.17, 15) is 42.6 Å². The summed E-state index contributed by atoms with van der Waals surface area (Å²) in [6.45, 7) is 1.07. The van der Waals surface area contributed by atoms with Crippen LogP contribution in [0.2, 0.25) is 0 Å². The predicted octanol–water partition coefficient (Wildman–Crippen LogP) is 4.82. The number of anilines is 3. The van der Waals surface area contributed by atoms with Crippen molar-refractivity contribution in [3.05, 3.63) is 70.8 Å². The molecule has 15 heteroatoms. The molecule has 3 rings (SSSR count). The quantitative estimate of drug-likeness (QED) is 0.239. The number of carboxylic acids is 1. The van der Waals surface area contributed by atoms with E-state index >= 15 is 0 Å². The van der Waals surface area contributed by atoms with Crippen molar-refractivity contribution in [3.8, 4) is 22.9 Å². The Kier molecular flexibility index (Phi) is 9.05. The van der Waals surface area contributed by atoms with Crippen molar-refractivity contribution in [2.24, 2.45) is 0 Å². The zero-order valence-corrected chi connectivity index (χ0v) is 22.6. The highest BCUT2D eigenvalue weighted by Crippen LogP contribution is 2.43. The highest BCUT2D eigenvalue weighted by atomic mass is 19.4. The van der Waals surface area contributed by atoms with Crippen molar-refractivity contribution in [1.29, 1.82) is 10.7 Å². The average Bonchev–Trinajstić information content (AvgIpc) is 2.95. The standard InChI is InChI=1S/C28H22F3N5O7/c1-13(37)34-22-11-23(38)19(24(33)25(39)35-21-7-4-14(12-32)8-18(21)26(40)41)10-17(22)16-6-5-15(36(2)27(42)43-3)9-20(16)28(29,30)31/h4-11,33,38H,1-3H3,(H,34,37)(H,35,39)(H,40,41). The molecule has 0 heterocycles. The number of carboxylic acid groups (broad SMARTS) is 1. The molecular formula is C28H22F3N5O7. The molecule has 0 aliphatic rings. The maximum absolute atomic E-state index is 14.3. The third kappa shape index (κ3) is 6.88. The van der Waals surface area contributed by atoms with Gasteiger partial charge in [-0.15, -0.1) is 0 Å². The molecule has 0 unspecified atom stereocenters. The van der Waals surface area contributed by atoms with Gasteiger partial charge in [0.25, 0.3) is 5.91 Å². The molecule has 0 saturated carbocycles. The van der Waals surface area contributed by atoms with Gasteiger partial charge in [0.05, 0.1) is 41.2 Å². The summed E-state index contributed by atoms with van der Waals surface area (Å²) in [5.41, 5.74) is -4.93. The first-order valence-electron chi connectivity index (χ1n) is 11.9. The van der Waals surface area contributed by atoms with Gasteiger partial charge >= 0.3 is 18.2 Å². The highest BCUT2D eigenvalue weighted by Gasteiger charge is 2.36. The molecule has 5 N–H and O–H groups in total. The van der Waals surface area contributed by atoms with Crippen LogP contribution >= 0.6 is 0 Å². The zero-order valence-electron chi connectivity index (χ0n) is 22.6. The number of nitrogens with zero attached hydrogens (tertiary/aromatic N) is 2. The summed E-state index contributed by atoms with van der Waals surface area (Å²) in [4.78, 5) is 49.1. The molecule has 3 aromatic carbocycles. The van der Waals surface area contributed by atoms with Gasteiger partial charge in [0.2, 0.25) is 5.91 Å². The van der Waals surface area contributed by atoms with Crippen LogP contribution in [0.5, 0.6) is 5.75 Å². The summed E-state index contributed by atoms with van der Waals surface area (Å²) < 4.78 is 47.4. The number of hydrogen-bond donors (Lipinski definition) is 5. The van der Waals surface area contributed by atoms with Crippen LogP contribution in [0, 0.1) is 16.7 Å². The molecule has 3 amide bonds. The monoisotopic (exact) mass is 597 g/mol. The maximum atomic E-state index is 14.3. The number of phenolic OH excluding ortho intramolecular Hbond substituents is 1. The SMILES string of the molecule is COC(=O)N(C)c1ccc(-c2cc(C(=N)C(=O)Nc3ccc(C#N)cc3C(=O)O)c(O)cc2NC(C)=O)c(C(F)(F)F)c1. The van der Waals surface area contributed by atoms with E-state index in [1.807, 2.05) is 0 Å². The minimum absolute atomic E-state index is 0.0226. The molecule has 0 radical (unpaired) electrons. The Hall–Kier alpha value is -5.91. The second-order valence-electron chi connectivity index (χ2n) is 8.86. The molecule has 0 saturated heterocycles. The van der Waals surface area contributed by atoms with E-state index in [-0.39, 0.29) is 28.2 Å². The van der Waals surface area contributed by atoms with Crippen LogP contribution in [-0.2, 0) is 20.5 Å². The van der Waals surface area contributed by atoms with Gasteiger partial charge in [0.15, 0.2) is 0 Å². The summed E-state index contributed by atoms with van der Waals surface area (Å²) >= 11 is 0. The molecule has 0 aliphatic heterocycles. The number of carbonyl (C=O) groups excluding carboxylic acids is 3. The number of nitrogens with one attached hydrogen (secondary N) is 3. The van der Waals surface area contributed by atoms with E-state index in [1.165, 1.54) is 19.2 Å². The summed E-state index contributed by atoms with van der Waals surface area (Å²) in [6, 6.07) is 9.62. The molecule has 43 heavy (non-hydrogen) atoms. The molecule has 222 valence electrons. The smallest absolute Gasteiger partial charge is 0.417 e. The topological polar surface area (TPSA) is 193 Å². The fraction of sp³-hybridized carbons (Fsp3) is 0.143. The third-order valence-corrected chi connectivity index (χ3v) is 6.00. The van der Waals surface area contributed by atoms with Crippen molar-refractivity contribution >= 4 is 46.7 Å². The van der Waals surface area contributed by atoms with Crippen molar-refractivity contribution in [2.45, 2.75) is 13.1 Å². The van der Waals surface area contributed by atoms with E-state index in [0.29, 0.717) is 6.07 Å². The molecule has 3 aromatic rings. The minimum Gasteiger partial charge on any atom is -0.507 e. The number of hydrogen-bond acceptors (Lipinski definition) is 8. The van der Waals surface area contributed by atoms with Crippen molar-refractivity contribution < 1.29 is 47.3 Å². The van der Waals surface area contributed by atoms with E-state index in [0.717, 1.165) is 49.3 Å². The lowest BCUT2D eigenvalue weighted by atomic mass is 9.93. The van der Waals surface area contributed by atoms with Crippen LogP contribution in [0.25, 0.3) is 11.1 Å². The number of halogens is 3. The first-order valence-corrected chi connectivity index (χ1v) is 11.9. The lowest BCUT2D eigenvalue weighted by molar-refractivity contribution is -0.137. The second kappa shape index (κ2) is 12.3. The minimum atomic E-state index is -5.00. The Morgan fingerprint density at radius 3 is 2.21 bits per heavy atom. The van der Waals surface area contributed by atoms with E-state index in [2.05, 4.69) is 15.4 Å². The van der Waals surface area contributed by atoms with Crippen molar-refractivity contribution in [1.82, 2.24) is 0 Å². The molecular weight excluding hydrogens is 575 g/mol. The van der Waals surface area contributed by atoms with Crippen LogP contribution in [0.1, 0.15) is 34.0 Å². The Balaban J connectivity index is 2.17. The van der Waals surface area contributed by atoms with E-state index < -0.39 is 63.8 Å². The Labute approximate surface area is 241 Å². The van der Waals surface area contributed by atoms with Crippen LogP contribution in [0.15, 0.2) is 48.5 Å². The first kappa shape index (κ1) is 31.6. The Bertz CT molecular complexity index is 1710. The van der Waals surface area contributed by atoms with Crippen LogP contribution in [0.4, 0.5) is 35.0 Å². The van der Waals surface area contributed by atoms with Gasteiger partial charge in [-0.2, -0.15) is 18.4 Å². The van der Waals surface area contributed by atoms with Crippen molar-refractivity contribution in [2.75, 3.05) is 29.7 Å². The number of rotatable bonds is 7. The summed E-state index contributed by atoms with van der Waals surface area (Å²) in [7, 11) is 2.23. The predicted molar refractivity (Wildman–Crippen MR) is 147 cm³/mol. The average molecular weight is 598 g/mol. The molecule has 0 aliphatic carbocycles. The second-order valence-corrected chi connectivity index (χ2v) is 8.86. The summed E-state index contributed by atoms with van der Waals surface area (Å²) in [5, 5.41) is 41.9. The number of ether oxygens (including phenoxy) is 1. The molecule has 0 aromatic heterocycles. The van der Waals surface area contributed by atoms with Crippen LogP contribution < -0.4 is 15.5 Å². The van der Waals surface area contributed by atoms with Crippen LogP contribution in [-0.4, -0.2) is 54.0 Å². The lowest BCUT2D eigenvalue weighted by Crippen LogP contribution is -2.26. The molecule has 0 fully saturated rings. The molecule has 12 nitrogen and oxygen atoms in total. The number of aromatic carboxylic acids is 1. The van der Waals surface area contributed by atoms with E-state index in [4.69, 9.17) is 10.7 Å². The molecule has 0 atom stereocenters. The number of amides is 3. The number of phenols is 1. The van der Waals surface area contributed by atoms with Gasteiger partial charge in [-0.1, -0.05) is 6.07 Å². The van der Waals surface area contributed by atoms with Crippen LogP contribution in [0.3, 0.4) is 0 Å². The Morgan fingerprint density at radius 1 is 0.977 bits per heavy atom. The van der Waals surface area contributed by atoms with Gasteiger partial charge in [-0.25, -0.2) is 9.59 Å². The third-order valence-electron chi connectivity index (χ3n) is 6.00. The number of nitriles is 1. The van der Waals surface area contributed by atoms with E-state index in [1.54, 1.807) is 6.07 Å². The fourth-order valence-corrected chi connectivity index (χ4v) is 3.96. The molecule has 0 bridgehead atoms. The van der Waals surface area contributed by atoms with Gasteiger partial charge in [-0.3, -0.25) is 19.9 Å². The number of carbonyl (C=O) groups is 4. The fourth-order valence-electron chi connectivity index (χ4n) is 3.96. The number of benzene rings is 3. The zero-order chi connectivity index (χ0) is 32.2. The maximum Gasteiger partial charge on any atom is 0.417 e. The summed E-state index contributed by atoms with van der Waals surface area (Å²) in [6.07, 6.45) is -5.94. The first-order chi connectivity index (χ1) is 20.1. The molecule has 0 spiro atoms. The van der Waals surface area contributed by atoms with Gasteiger partial charge < -0.3 is 25.6 Å².